The topological polar surface area (TPSA) is 79.7 Å². The molecule has 1 amide bonds. The zero-order valence-electron chi connectivity index (χ0n) is 15.0. The zero-order chi connectivity index (χ0) is 18.1. The second-order valence-corrected chi connectivity index (χ2v) is 7.86. The number of fused-ring (bicyclic) bond motifs is 1. The van der Waals surface area contributed by atoms with Crippen LogP contribution in [0.4, 0.5) is 0 Å². The lowest BCUT2D eigenvalue weighted by atomic mass is 9.94. The number of nitrogens with zero attached hydrogens (tertiary/aromatic N) is 2. The fraction of sp³-hybridized carbons (Fsp3) is 0.650. The highest BCUT2D eigenvalue weighted by atomic mass is 16.5. The first kappa shape index (κ1) is 17.3. The molecule has 0 radical (unpaired) electrons. The van der Waals surface area contributed by atoms with Crippen LogP contribution in [-0.2, 0) is 4.79 Å². The van der Waals surface area contributed by atoms with Crippen LogP contribution in [0.3, 0.4) is 0 Å². The number of aromatic nitrogens is 1. The minimum atomic E-state index is -0.888. The molecule has 0 spiro atoms. The Morgan fingerprint density at radius 1 is 1.12 bits per heavy atom. The molecule has 1 N–H and O–H groups in total. The van der Waals surface area contributed by atoms with Crippen molar-refractivity contribution in [2.45, 2.75) is 63.5 Å². The van der Waals surface area contributed by atoms with E-state index < -0.39 is 12.0 Å². The minimum Gasteiger partial charge on any atom is -0.480 e. The molecule has 1 aromatic rings. The summed E-state index contributed by atoms with van der Waals surface area (Å²) < 4.78 is 5.96. The van der Waals surface area contributed by atoms with Crippen molar-refractivity contribution in [2.24, 2.45) is 11.8 Å². The Labute approximate surface area is 153 Å². The van der Waals surface area contributed by atoms with Crippen molar-refractivity contribution in [2.75, 3.05) is 6.54 Å². The van der Waals surface area contributed by atoms with Crippen LogP contribution in [0.25, 0.3) is 0 Å². The highest BCUT2D eigenvalue weighted by molar-refractivity contribution is 5.97. The summed E-state index contributed by atoms with van der Waals surface area (Å²) in [5, 5.41) is 9.67. The van der Waals surface area contributed by atoms with Crippen molar-refractivity contribution in [1.29, 1.82) is 0 Å². The summed E-state index contributed by atoms with van der Waals surface area (Å²) >= 11 is 0. The van der Waals surface area contributed by atoms with Gasteiger partial charge in [-0.05, 0) is 56.4 Å². The third-order valence-electron chi connectivity index (χ3n) is 6.23. The fourth-order valence-electron chi connectivity index (χ4n) is 4.96. The Hall–Kier alpha value is -2.11. The van der Waals surface area contributed by atoms with E-state index in [0.717, 1.165) is 32.1 Å². The zero-order valence-corrected chi connectivity index (χ0v) is 15.0. The molecule has 1 aromatic heterocycles. The number of carboxylic acids is 1. The number of aliphatic carboxylic acids is 1. The molecule has 2 saturated carbocycles. The molecule has 140 valence electrons. The van der Waals surface area contributed by atoms with Crippen LogP contribution < -0.4 is 4.74 Å². The van der Waals surface area contributed by atoms with Crippen LogP contribution in [0.1, 0.15) is 61.7 Å². The molecule has 4 rings (SSSR count). The van der Waals surface area contributed by atoms with E-state index in [-0.39, 0.29) is 17.9 Å². The summed E-state index contributed by atoms with van der Waals surface area (Å²) in [5.41, 5.74) is 0.469. The van der Waals surface area contributed by atoms with Crippen LogP contribution >= 0.6 is 0 Å². The van der Waals surface area contributed by atoms with Gasteiger partial charge in [0.1, 0.15) is 12.1 Å². The number of carbonyl (C=O) groups is 2. The predicted octanol–water partition coefficient (Wildman–Crippen LogP) is 3.12. The summed E-state index contributed by atoms with van der Waals surface area (Å²) in [4.78, 5) is 30.6. The molecular weight excluding hydrogens is 332 g/mol. The van der Waals surface area contributed by atoms with Crippen molar-refractivity contribution in [3.8, 4) is 5.88 Å². The normalized spacial score (nSPS) is 28.8. The van der Waals surface area contributed by atoms with Gasteiger partial charge in [0.05, 0.1) is 0 Å². The SMILES string of the molecule is O=C(O)C1C2CCCC2CN1C(=O)c1ccnc(OC2CCCCC2)c1. The number of amides is 1. The summed E-state index contributed by atoms with van der Waals surface area (Å²) in [5.74, 6) is -0.228. The maximum atomic E-state index is 13.0. The third-order valence-corrected chi connectivity index (χ3v) is 6.23. The van der Waals surface area contributed by atoms with E-state index in [9.17, 15) is 14.7 Å². The van der Waals surface area contributed by atoms with E-state index in [4.69, 9.17) is 4.74 Å². The number of ether oxygens (including phenoxy) is 1. The van der Waals surface area contributed by atoms with Gasteiger partial charge in [-0.3, -0.25) is 4.79 Å². The number of likely N-dealkylation sites (tertiary alicyclic amines) is 1. The van der Waals surface area contributed by atoms with Gasteiger partial charge in [0.25, 0.3) is 5.91 Å². The average Bonchev–Trinajstić information content (AvgIpc) is 3.22. The van der Waals surface area contributed by atoms with E-state index >= 15 is 0 Å². The molecule has 3 aliphatic rings. The molecule has 26 heavy (non-hydrogen) atoms. The molecule has 2 aliphatic carbocycles. The molecule has 6 nitrogen and oxygen atoms in total. The summed E-state index contributed by atoms with van der Waals surface area (Å²) in [7, 11) is 0. The van der Waals surface area contributed by atoms with E-state index in [1.54, 1.807) is 23.2 Å². The van der Waals surface area contributed by atoms with Gasteiger partial charge in [0, 0.05) is 24.4 Å². The van der Waals surface area contributed by atoms with Crippen LogP contribution in [0.2, 0.25) is 0 Å². The Kier molecular flexibility index (Phi) is 4.83. The standard InChI is InChI=1S/C20H26N2O4/c23-19(22-12-14-5-4-8-16(14)18(22)20(24)25)13-9-10-21-17(11-13)26-15-6-2-1-3-7-15/h9-11,14-16,18H,1-8,12H2,(H,24,25). The molecule has 0 bridgehead atoms. The number of carboxylic acid groups (broad SMARTS) is 1. The maximum absolute atomic E-state index is 13.0. The number of pyridine rings is 1. The van der Waals surface area contributed by atoms with E-state index in [1.807, 2.05) is 0 Å². The van der Waals surface area contributed by atoms with Gasteiger partial charge in [-0.2, -0.15) is 0 Å². The van der Waals surface area contributed by atoms with Crippen LogP contribution in [0.15, 0.2) is 18.3 Å². The number of carbonyl (C=O) groups excluding carboxylic acids is 1. The Balaban J connectivity index is 1.50. The van der Waals surface area contributed by atoms with Gasteiger partial charge in [-0.15, -0.1) is 0 Å². The van der Waals surface area contributed by atoms with E-state index in [2.05, 4.69) is 4.98 Å². The van der Waals surface area contributed by atoms with Gasteiger partial charge in [0.15, 0.2) is 0 Å². The molecule has 1 aliphatic heterocycles. The number of hydrogen-bond donors (Lipinski definition) is 1. The lowest BCUT2D eigenvalue weighted by molar-refractivity contribution is -0.142. The van der Waals surface area contributed by atoms with Crippen LogP contribution in [0, 0.1) is 11.8 Å². The molecule has 3 atom stereocenters. The largest absolute Gasteiger partial charge is 0.480 e. The molecule has 1 saturated heterocycles. The molecular formula is C20H26N2O4. The quantitative estimate of drug-likeness (QED) is 0.894. The smallest absolute Gasteiger partial charge is 0.326 e. The van der Waals surface area contributed by atoms with Gasteiger partial charge < -0.3 is 14.7 Å². The average molecular weight is 358 g/mol. The Bertz CT molecular complexity index is 686. The van der Waals surface area contributed by atoms with Crippen molar-refractivity contribution in [3.63, 3.8) is 0 Å². The van der Waals surface area contributed by atoms with Gasteiger partial charge in [-0.1, -0.05) is 12.8 Å². The van der Waals surface area contributed by atoms with E-state index in [0.29, 0.717) is 23.9 Å². The molecule has 3 fully saturated rings. The molecule has 6 heteroatoms. The van der Waals surface area contributed by atoms with Crippen molar-refractivity contribution in [3.05, 3.63) is 23.9 Å². The summed E-state index contributed by atoms with van der Waals surface area (Å²) in [6.07, 6.45) is 10.4. The first-order valence-corrected chi connectivity index (χ1v) is 9.80. The van der Waals surface area contributed by atoms with Gasteiger partial charge in [-0.25, -0.2) is 9.78 Å². The van der Waals surface area contributed by atoms with Crippen molar-refractivity contribution >= 4 is 11.9 Å². The second kappa shape index (κ2) is 7.25. The van der Waals surface area contributed by atoms with Crippen molar-refractivity contribution < 1.29 is 19.4 Å². The molecule has 3 unspecified atom stereocenters. The lowest BCUT2D eigenvalue weighted by Crippen LogP contribution is -2.43. The van der Waals surface area contributed by atoms with Crippen LogP contribution in [-0.4, -0.2) is 45.6 Å². The van der Waals surface area contributed by atoms with E-state index in [1.165, 1.54) is 19.3 Å². The fourth-order valence-corrected chi connectivity index (χ4v) is 4.96. The van der Waals surface area contributed by atoms with Gasteiger partial charge in [0.2, 0.25) is 5.88 Å². The summed E-state index contributed by atoms with van der Waals surface area (Å²) in [6.45, 7) is 0.543. The first-order valence-electron chi connectivity index (χ1n) is 9.80. The van der Waals surface area contributed by atoms with Crippen LogP contribution in [0.5, 0.6) is 5.88 Å². The minimum absolute atomic E-state index is 0.0937. The third kappa shape index (κ3) is 3.29. The first-order chi connectivity index (χ1) is 12.6. The lowest BCUT2D eigenvalue weighted by Gasteiger charge is -2.25. The number of hydrogen-bond acceptors (Lipinski definition) is 4. The predicted molar refractivity (Wildman–Crippen MR) is 95.0 cm³/mol. The highest BCUT2D eigenvalue weighted by Gasteiger charge is 2.49. The number of rotatable bonds is 4. The Morgan fingerprint density at radius 2 is 1.92 bits per heavy atom. The maximum Gasteiger partial charge on any atom is 0.326 e. The monoisotopic (exact) mass is 358 g/mol. The second-order valence-electron chi connectivity index (χ2n) is 7.86. The summed E-state index contributed by atoms with van der Waals surface area (Å²) in [6, 6.07) is 2.62. The Morgan fingerprint density at radius 3 is 2.69 bits per heavy atom. The van der Waals surface area contributed by atoms with Gasteiger partial charge >= 0.3 is 5.97 Å². The highest BCUT2D eigenvalue weighted by Crippen LogP contribution is 2.42. The van der Waals surface area contributed by atoms with Crippen molar-refractivity contribution in [1.82, 2.24) is 9.88 Å². The molecule has 2 heterocycles. The molecule has 0 aromatic carbocycles.